The minimum Gasteiger partial charge on any atom is -0.497 e. The van der Waals surface area contributed by atoms with Gasteiger partial charge in [0.1, 0.15) is 11.1 Å². The second-order valence-electron chi connectivity index (χ2n) is 7.28. The Hall–Kier alpha value is -3.46. The summed E-state index contributed by atoms with van der Waals surface area (Å²) in [6, 6.07) is 18.3. The first kappa shape index (κ1) is 22.7. The van der Waals surface area contributed by atoms with Gasteiger partial charge in [0, 0.05) is 16.9 Å². The van der Waals surface area contributed by atoms with Crippen LogP contribution in [-0.4, -0.2) is 24.7 Å². The Kier molecular flexibility index (Phi) is 6.33. The molecule has 1 fully saturated rings. The average Bonchev–Trinajstić information content (AvgIpc) is 3.20. The maximum atomic E-state index is 12.7. The fourth-order valence-corrected chi connectivity index (χ4v) is 4.61. The fourth-order valence-electron chi connectivity index (χ4n) is 3.44. The number of amides is 2. The molecule has 1 aliphatic heterocycles. The summed E-state index contributed by atoms with van der Waals surface area (Å²) in [6.07, 6.45) is -4.45. The van der Waals surface area contributed by atoms with Crippen LogP contribution >= 0.6 is 11.8 Å². The van der Waals surface area contributed by atoms with E-state index in [9.17, 15) is 22.8 Å². The predicted molar refractivity (Wildman–Crippen MR) is 122 cm³/mol. The molecular formula is C24H19F3N2O3S. The van der Waals surface area contributed by atoms with Gasteiger partial charge >= 0.3 is 6.18 Å². The van der Waals surface area contributed by atoms with Gasteiger partial charge in [-0.25, -0.2) is 0 Å². The van der Waals surface area contributed by atoms with Gasteiger partial charge < -0.3 is 10.1 Å². The topological polar surface area (TPSA) is 58.6 Å². The number of nitrogens with one attached hydrogen (secondary N) is 1. The molecule has 4 rings (SSSR count). The largest absolute Gasteiger partial charge is 0.497 e. The molecule has 33 heavy (non-hydrogen) atoms. The average molecular weight is 472 g/mol. The SMILES string of the molecule is COc1ccc(N2C(=O)CS[C@@H]2c2ccc(NC(=O)c3ccc(C(F)(F)F)cc3)cc2)cc1. The van der Waals surface area contributed by atoms with Crippen molar-refractivity contribution in [2.75, 3.05) is 23.1 Å². The third-order valence-electron chi connectivity index (χ3n) is 5.15. The Labute approximate surface area is 192 Å². The fraction of sp³-hybridized carbons (Fsp3) is 0.167. The standard InChI is InChI=1S/C24H19F3N2O3S/c1-32-20-12-10-19(11-13-20)29-21(30)14-33-23(29)16-4-8-18(9-5-16)28-22(31)15-2-6-17(7-3-15)24(25,26)27/h2-13,23H,14H2,1H3,(H,28,31)/t23-/m1/s1. The molecule has 1 aliphatic rings. The van der Waals surface area contributed by atoms with Gasteiger partial charge in [0.15, 0.2) is 0 Å². The Morgan fingerprint density at radius 3 is 2.21 bits per heavy atom. The van der Waals surface area contributed by atoms with Crippen molar-refractivity contribution in [1.82, 2.24) is 0 Å². The van der Waals surface area contributed by atoms with E-state index in [0.29, 0.717) is 17.2 Å². The summed E-state index contributed by atoms with van der Waals surface area (Å²) in [4.78, 5) is 26.6. The number of benzene rings is 3. The lowest BCUT2D eigenvalue weighted by Crippen LogP contribution is -2.27. The molecule has 0 spiro atoms. The maximum Gasteiger partial charge on any atom is 0.416 e. The molecular weight excluding hydrogens is 453 g/mol. The molecule has 9 heteroatoms. The van der Waals surface area contributed by atoms with Crippen molar-refractivity contribution in [2.24, 2.45) is 0 Å². The number of nitrogens with zero attached hydrogens (tertiary/aromatic N) is 1. The summed E-state index contributed by atoms with van der Waals surface area (Å²) >= 11 is 1.50. The van der Waals surface area contributed by atoms with Crippen LogP contribution in [0.25, 0.3) is 0 Å². The number of ether oxygens (including phenoxy) is 1. The van der Waals surface area contributed by atoms with Crippen molar-refractivity contribution in [1.29, 1.82) is 0 Å². The molecule has 3 aromatic carbocycles. The van der Waals surface area contributed by atoms with Gasteiger partial charge in [0.25, 0.3) is 5.91 Å². The lowest BCUT2D eigenvalue weighted by molar-refractivity contribution is -0.137. The molecule has 0 aromatic heterocycles. The molecule has 170 valence electrons. The van der Waals surface area contributed by atoms with Gasteiger partial charge in [-0.3, -0.25) is 14.5 Å². The van der Waals surface area contributed by atoms with E-state index in [2.05, 4.69) is 5.32 Å². The number of rotatable bonds is 5. The van der Waals surface area contributed by atoms with Crippen molar-refractivity contribution in [3.8, 4) is 5.75 Å². The predicted octanol–water partition coefficient (Wildman–Crippen LogP) is 5.74. The van der Waals surface area contributed by atoms with E-state index in [1.54, 1.807) is 36.3 Å². The molecule has 2 amide bonds. The summed E-state index contributed by atoms with van der Waals surface area (Å²) in [7, 11) is 1.58. The summed E-state index contributed by atoms with van der Waals surface area (Å²) in [5.41, 5.74) is 1.45. The number of hydrogen-bond donors (Lipinski definition) is 1. The summed E-state index contributed by atoms with van der Waals surface area (Å²) < 4.78 is 43.3. The number of carbonyl (C=O) groups is 2. The van der Waals surface area contributed by atoms with E-state index in [1.807, 2.05) is 24.3 Å². The van der Waals surface area contributed by atoms with Crippen molar-refractivity contribution in [3.63, 3.8) is 0 Å². The van der Waals surface area contributed by atoms with Crippen LogP contribution in [0.1, 0.15) is 26.9 Å². The lowest BCUT2D eigenvalue weighted by Gasteiger charge is -2.24. The molecule has 0 bridgehead atoms. The molecule has 0 unspecified atom stereocenters. The van der Waals surface area contributed by atoms with Gasteiger partial charge in [-0.2, -0.15) is 13.2 Å². The Balaban J connectivity index is 1.47. The van der Waals surface area contributed by atoms with Crippen LogP contribution in [0, 0.1) is 0 Å². The van der Waals surface area contributed by atoms with E-state index >= 15 is 0 Å². The second kappa shape index (κ2) is 9.19. The number of alkyl halides is 3. The van der Waals surface area contributed by atoms with Crippen molar-refractivity contribution < 1.29 is 27.5 Å². The summed E-state index contributed by atoms with van der Waals surface area (Å²) in [5.74, 6) is 0.530. The Morgan fingerprint density at radius 2 is 1.64 bits per heavy atom. The molecule has 1 N–H and O–H groups in total. The van der Waals surface area contributed by atoms with Gasteiger partial charge in [0.2, 0.25) is 5.91 Å². The Morgan fingerprint density at radius 1 is 1.00 bits per heavy atom. The van der Waals surface area contributed by atoms with Crippen LogP contribution in [0.4, 0.5) is 24.5 Å². The molecule has 0 aliphatic carbocycles. The molecule has 1 atom stereocenters. The quantitative estimate of drug-likeness (QED) is 0.514. The van der Waals surface area contributed by atoms with Crippen LogP contribution in [0.3, 0.4) is 0 Å². The van der Waals surface area contributed by atoms with E-state index in [0.717, 1.165) is 35.5 Å². The summed E-state index contributed by atoms with van der Waals surface area (Å²) in [5, 5.41) is 2.46. The van der Waals surface area contributed by atoms with E-state index in [4.69, 9.17) is 4.74 Å². The number of thioether (sulfide) groups is 1. The minimum absolute atomic E-state index is 0.00477. The first-order valence-corrected chi connectivity index (χ1v) is 11.0. The van der Waals surface area contributed by atoms with Crippen LogP contribution in [0.2, 0.25) is 0 Å². The highest BCUT2D eigenvalue weighted by Gasteiger charge is 2.34. The smallest absolute Gasteiger partial charge is 0.416 e. The molecule has 1 heterocycles. The normalized spacial score (nSPS) is 16.1. The zero-order valence-corrected chi connectivity index (χ0v) is 18.2. The van der Waals surface area contributed by atoms with Crippen LogP contribution in [0.15, 0.2) is 72.8 Å². The van der Waals surface area contributed by atoms with Gasteiger partial charge in [-0.1, -0.05) is 12.1 Å². The van der Waals surface area contributed by atoms with Gasteiger partial charge in [-0.15, -0.1) is 11.8 Å². The number of anilines is 2. The maximum absolute atomic E-state index is 12.7. The first-order valence-electron chi connectivity index (χ1n) is 9.92. The summed E-state index contributed by atoms with van der Waals surface area (Å²) in [6.45, 7) is 0. The molecule has 0 saturated carbocycles. The van der Waals surface area contributed by atoms with E-state index in [-0.39, 0.29) is 16.8 Å². The molecule has 1 saturated heterocycles. The lowest BCUT2D eigenvalue weighted by atomic mass is 10.1. The third kappa shape index (κ3) is 4.98. The highest BCUT2D eigenvalue weighted by Crippen LogP contribution is 2.42. The van der Waals surface area contributed by atoms with Gasteiger partial charge in [0.05, 0.1) is 18.4 Å². The van der Waals surface area contributed by atoms with Crippen molar-refractivity contribution >= 4 is 35.0 Å². The second-order valence-corrected chi connectivity index (χ2v) is 8.34. The van der Waals surface area contributed by atoms with Crippen LogP contribution in [-0.2, 0) is 11.0 Å². The molecule has 0 radical (unpaired) electrons. The minimum atomic E-state index is -4.45. The van der Waals surface area contributed by atoms with Crippen molar-refractivity contribution in [2.45, 2.75) is 11.6 Å². The molecule has 5 nitrogen and oxygen atoms in total. The molecule has 3 aromatic rings. The highest BCUT2D eigenvalue weighted by molar-refractivity contribution is 8.00. The number of halogens is 3. The van der Waals surface area contributed by atoms with E-state index < -0.39 is 17.6 Å². The van der Waals surface area contributed by atoms with E-state index in [1.165, 1.54) is 11.8 Å². The van der Waals surface area contributed by atoms with Crippen LogP contribution < -0.4 is 15.0 Å². The highest BCUT2D eigenvalue weighted by atomic mass is 32.2. The monoisotopic (exact) mass is 472 g/mol. The third-order valence-corrected chi connectivity index (χ3v) is 6.36. The first-order chi connectivity index (χ1) is 15.8. The zero-order chi connectivity index (χ0) is 23.6. The number of carbonyl (C=O) groups excluding carboxylic acids is 2. The number of hydrogen-bond acceptors (Lipinski definition) is 4. The Bertz CT molecular complexity index is 1150. The number of methoxy groups -OCH3 is 1. The van der Waals surface area contributed by atoms with Crippen LogP contribution in [0.5, 0.6) is 5.75 Å². The van der Waals surface area contributed by atoms with Gasteiger partial charge in [-0.05, 0) is 66.2 Å². The van der Waals surface area contributed by atoms with Crippen molar-refractivity contribution in [3.05, 3.63) is 89.5 Å². The zero-order valence-electron chi connectivity index (χ0n) is 17.4.